The summed E-state index contributed by atoms with van der Waals surface area (Å²) in [4.78, 5) is 11.6. The first-order valence-corrected chi connectivity index (χ1v) is 5.88. The fourth-order valence-corrected chi connectivity index (χ4v) is 1.38. The lowest BCUT2D eigenvalue weighted by Gasteiger charge is -2.07. The molecule has 3 N–H and O–H groups in total. The van der Waals surface area contributed by atoms with Gasteiger partial charge in [-0.05, 0) is 36.8 Å². The van der Waals surface area contributed by atoms with Gasteiger partial charge in [-0.1, -0.05) is 19.4 Å². The number of nitrogens with two attached hydrogens (primary N) is 1. The molecule has 0 aliphatic carbocycles. The van der Waals surface area contributed by atoms with E-state index in [1.807, 2.05) is 6.92 Å². The number of benzene rings is 1. The molecular weight excluding hydrogens is 236 g/mol. The van der Waals surface area contributed by atoms with E-state index in [1.54, 1.807) is 24.3 Å². The van der Waals surface area contributed by atoms with Gasteiger partial charge in [0, 0.05) is 5.69 Å². The lowest BCUT2D eigenvalue weighted by Crippen LogP contribution is -2.19. The SMILES string of the molecule is CCCCOC(=O)c1cccc(NC(N)=S)c1. The molecule has 0 aromatic heterocycles. The average molecular weight is 252 g/mol. The maximum atomic E-state index is 11.6. The Bertz CT molecular complexity index is 407. The first-order chi connectivity index (χ1) is 8.13. The lowest BCUT2D eigenvalue weighted by atomic mass is 10.2. The Balaban J connectivity index is 2.63. The highest BCUT2D eigenvalue weighted by Gasteiger charge is 2.07. The van der Waals surface area contributed by atoms with Gasteiger partial charge in [0.05, 0.1) is 12.2 Å². The van der Waals surface area contributed by atoms with E-state index in [-0.39, 0.29) is 11.1 Å². The quantitative estimate of drug-likeness (QED) is 0.478. The number of unbranched alkanes of at least 4 members (excludes halogenated alkanes) is 1. The van der Waals surface area contributed by atoms with E-state index in [0.717, 1.165) is 12.8 Å². The van der Waals surface area contributed by atoms with Crippen LogP contribution >= 0.6 is 12.2 Å². The molecule has 0 spiro atoms. The Kier molecular flexibility index (Phi) is 5.42. The maximum absolute atomic E-state index is 11.6. The van der Waals surface area contributed by atoms with Crippen LogP contribution in [-0.4, -0.2) is 17.7 Å². The summed E-state index contributed by atoms with van der Waals surface area (Å²) in [6.07, 6.45) is 1.87. The monoisotopic (exact) mass is 252 g/mol. The number of carbonyl (C=O) groups is 1. The number of carbonyl (C=O) groups excluding carboxylic acids is 1. The third-order valence-electron chi connectivity index (χ3n) is 2.10. The van der Waals surface area contributed by atoms with Crippen molar-refractivity contribution in [2.24, 2.45) is 5.73 Å². The number of hydrogen-bond donors (Lipinski definition) is 2. The van der Waals surface area contributed by atoms with Crippen LogP contribution in [0.25, 0.3) is 0 Å². The van der Waals surface area contributed by atoms with Gasteiger partial charge in [-0.25, -0.2) is 4.79 Å². The number of thiocarbonyl (C=S) groups is 1. The van der Waals surface area contributed by atoms with Crippen molar-refractivity contribution in [2.75, 3.05) is 11.9 Å². The van der Waals surface area contributed by atoms with Gasteiger partial charge < -0.3 is 15.8 Å². The van der Waals surface area contributed by atoms with E-state index in [2.05, 4.69) is 5.32 Å². The molecule has 0 amide bonds. The van der Waals surface area contributed by atoms with E-state index in [1.165, 1.54) is 0 Å². The Hall–Kier alpha value is -1.62. The molecule has 4 nitrogen and oxygen atoms in total. The van der Waals surface area contributed by atoms with Crippen LogP contribution in [0.3, 0.4) is 0 Å². The van der Waals surface area contributed by atoms with Crippen LogP contribution in [0.1, 0.15) is 30.1 Å². The normalized spacial score (nSPS) is 9.71. The smallest absolute Gasteiger partial charge is 0.338 e. The van der Waals surface area contributed by atoms with Crippen LogP contribution in [0, 0.1) is 0 Å². The highest BCUT2D eigenvalue weighted by atomic mass is 32.1. The third kappa shape index (κ3) is 4.82. The summed E-state index contributed by atoms with van der Waals surface area (Å²) < 4.78 is 5.10. The lowest BCUT2D eigenvalue weighted by molar-refractivity contribution is 0.0500. The van der Waals surface area contributed by atoms with Gasteiger partial charge in [-0.3, -0.25) is 0 Å². The molecule has 0 heterocycles. The predicted octanol–water partition coefficient (Wildman–Crippen LogP) is 2.30. The van der Waals surface area contributed by atoms with Crippen molar-refractivity contribution in [3.05, 3.63) is 29.8 Å². The highest BCUT2D eigenvalue weighted by molar-refractivity contribution is 7.80. The summed E-state index contributed by atoms with van der Waals surface area (Å²) in [5.74, 6) is -0.329. The standard InChI is InChI=1S/C12H16N2O2S/c1-2-3-7-16-11(15)9-5-4-6-10(8-9)14-12(13)17/h4-6,8H,2-3,7H2,1H3,(H3,13,14,17). The molecule has 1 aromatic rings. The zero-order valence-corrected chi connectivity index (χ0v) is 10.5. The van der Waals surface area contributed by atoms with Gasteiger partial charge in [0.2, 0.25) is 0 Å². The van der Waals surface area contributed by atoms with Crippen molar-refractivity contribution in [2.45, 2.75) is 19.8 Å². The molecule has 0 saturated carbocycles. The number of hydrogen-bond acceptors (Lipinski definition) is 3. The average Bonchev–Trinajstić information content (AvgIpc) is 2.28. The number of ether oxygens (including phenoxy) is 1. The van der Waals surface area contributed by atoms with Crippen LogP contribution in [0.5, 0.6) is 0 Å². The van der Waals surface area contributed by atoms with Crippen molar-refractivity contribution >= 4 is 29.0 Å². The molecular formula is C12H16N2O2S. The minimum absolute atomic E-state index is 0.168. The summed E-state index contributed by atoms with van der Waals surface area (Å²) in [5, 5.41) is 2.94. The molecule has 0 atom stereocenters. The third-order valence-corrected chi connectivity index (χ3v) is 2.20. The number of anilines is 1. The van der Waals surface area contributed by atoms with Crippen LogP contribution in [0.4, 0.5) is 5.69 Å². The van der Waals surface area contributed by atoms with Gasteiger partial charge in [0.1, 0.15) is 0 Å². The van der Waals surface area contributed by atoms with Crippen LogP contribution in [0.15, 0.2) is 24.3 Å². The molecule has 0 fully saturated rings. The van der Waals surface area contributed by atoms with Gasteiger partial charge in [-0.2, -0.15) is 0 Å². The van der Waals surface area contributed by atoms with Crippen molar-refractivity contribution in [1.82, 2.24) is 0 Å². The van der Waals surface area contributed by atoms with Gasteiger partial charge in [-0.15, -0.1) is 0 Å². The number of rotatable bonds is 5. The van der Waals surface area contributed by atoms with Gasteiger partial charge in [0.15, 0.2) is 5.11 Å². The molecule has 92 valence electrons. The van der Waals surface area contributed by atoms with Crippen molar-refractivity contribution < 1.29 is 9.53 Å². The van der Waals surface area contributed by atoms with Crippen molar-refractivity contribution in [3.63, 3.8) is 0 Å². The molecule has 5 heteroatoms. The van der Waals surface area contributed by atoms with Gasteiger partial charge >= 0.3 is 5.97 Å². The summed E-state index contributed by atoms with van der Waals surface area (Å²) in [6.45, 7) is 2.49. The van der Waals surface area contributed by atoms with E-state index < -0.39 is 0 Å². The molecule has 1 rings (SSSR count). The first kappa shape index (κ1) is 13.4. The summed E-state index contributed by atoms with van der Waals surface area (Å²) in [7, 11) is 0. The van der Waals surface area contributed by atoms with Crippen LogP contribution < -0.4 is 11.1 Å². The number of nitrogens with one attached hydrogen (secondary N) is 1. The second-order valence-electron chi connectivity index (χ2n) is 3.56. The Morgan fingerprint density at radius 3 is 2.94 bits per heavy atom. The van der Waals surface area contributed by atoms with E-state index in [9.17, 15) is 4.79 Å². The molecule has 17 heavy (non-hydrogen) atoms. The molecule has 0 radical (unpaired) electrons. The topological polar surface area (TPSA) is 64.3 Å². The molecule has 0 aliphatic heterocycles. The van der Waals surface area contributed by atoms with Crippen LogP contribution in [0.2, 0.25) is 0 Å². The molecule has 0 unspecified atom stereocenters. The molecule has 1 aromatic carbocycles. The minimum Gasteiger partial charge on any atom is -0.462 e. The van der Waals surface area contributed by atoms with Gasteiger partial charge in [0.25, 0.3) is 0 Å². The van der Waals surface area contributed by atoms with Crippen molar-refractivity contribution in [3.8, 4) is 0 Å². The number of esters is 1. The largest absolute Gasteiger partial charge is 0.462 e. The van der Waals surface area contributed by atoms with Crippen LogP contribution in [-0.2, 0) is 4.74 Å². The highest BCUT2D eigenvalue weighted by Crippen LogP contribution is 2.11. The molecule has 0 saturated heterocycles. The zero-order chi connectivity index (χ0) is 12.7. The Labute approximate surface area is 106 Å². The molecule has 0 bridgehead atoms. The predicted molar refractivity (Wildman–Crippen MR) is 72.0 cm³/mol. The summed E-state index contributed by atoms with van der Waals surface area (Å²) >= 11 is 4.72. The van der Waals surface area contributed by atoms with Crippen molar-refractivity contribution in [1.29, 1.82) is 0 Å². The van der Waals surface area contributed by atoms with E-state index >= 15 is 0 Å². The summed E-state index contributed by atoms with van der Waals surface area (Å²) in [6, 6.07) is 6.88. The first-order valence-electron chi connectivity index (χ1n) is 5.47. The van der Waals surface area contributed by atoms with E-state index in [4.69, 9.17) is 22.7 Å². The zero-order valence-electron chi connectivity index (χ0n) is 9.73. The maximum Gasteiger partial charge on any atom is 0.338 e. The fourth-order valence-electron chi connectivity index (χ4n) is 1.26. The Morgan fingerprint density at radius 2 is 2.29 bits per heavy atom. The minimum atomic E-state index is -0.329. The summed E-state index contributed by atoms with van der Waals surface area (Å²) in [5.41, 5.74) is 6.52. The Morgan fingerprint density at radius 1 is 1.53 bits per heavy atom. The fraction of sp³-hybridized carbons (Fsp3) is 0.333. The second-order valence-corrected chi connectivity index (χ2v) is 4.00. The second kappa shape index (κ2) is 6.85. The van der Waals surface area contributed by atoms with E-state index in [0.29, 0.717) is 17.9 Å². The molecule has 0 aliphatic rings.